The number of benzene rings is 1. The van der Waals surface area contributed by atoms with Crippen LogP contribution in [0, 0.1) is 5.82 Å². The number of likely N-dealkylation sites (tertiary alicyclic amines) is 1. The first-order chi connectivity index (χ1) is 12.5. The average molecular weight is 420 g/mol. The van der Waals surface area contributed by atoms with Gasteiger partial charge in [-0.1, -0.05) is 22.0 Å². The second-order valence-corrected chi connectivity index (χ2v) is 7.63. The zero-order valence-electron chi connectivity index (χ0n) is 14.9. The number of amides is 1. The summed E-state index contributed by atoms with van der Waals surface area (Å²) >= 11 is 3.25. The van der Waals surface area contributed by atoms with Crippen LogP contribution in [-0.4, -0.2) is 53.4 Å². The smallest absolute Gasteiger partial charge is 0.253 e. The molecule has 1 fully saturated rings. The van der Waals surface area contributed by atoms with Gasteiger partial charge in [0.05, 0.1) is 0 Å². The molecule has 0 N–H and O–H groups in total. The Bertz CT molecular complexity index is 728. The van der Waals surface area contributed by atoms with E-state index in [0.29, 0.717) is 10.0 Å². The van der Waals surface area contributed by atoms with E-state index < -0.39 is 5.82 Å². The maximum atomic E-state index is 13.6. The number of carbonyl (C=O) groups excluding carboxylic acids is 1. The van der Waals surface area contributed by atoms with Crippen LogP contribution >= 0.6 is 15.9 Å². The largest absolute Gasteiger partial charge is 0.339 e. The SMILES string of the molecule is CN(C(=O)c1cc(F)cc(Br)c1)C1CCN(CCc2ccccn2)CC1. The van der Waals surface area contributed by atoms with Crippen LogP contribution in [0.4, 0.5) is 4.39 Å². The molecule has 1 aromatic carbocycles. The summed E-state index contributed by atoms with van der Waals surface area (Å²) in [5.74, 6) is -0.530. The minimum absolute atomic E-state index is 0.128. The van der Waals surface area contributed by atoms with E-state index in [9.17, 15) is 9.18 Å². The summed E-state index contributed by atoms with van der Waals surface area (Å²) in [6, 6.07) is 10.5. The molecule has 0 radical (unpaired) electrons. The van der Waals surface area contributed by atoms with Crippen LogP contribution in [0.1, 0.15) is 28.9 Å². The molecule has 0 spiro atoms. The number of carbonyl (C=O) groups is 1. The Morgan fingerprint density at radius 2 is 2.08 bits per heavy atom. The number of aromatic nitrogens is 1. The highest BCUT2D eigenvalue weighted by Gasteiger charge is 2.26. The minimum Gasteiger partial charge on any atom is -0.339 e. The third-order valence-corrected chi connectivity index (χ3v) is 5.40. The first-order valence-electron chi connectivity index (χ1n) is 8.88. The summed E-state index contributed by atoms with van der Waals surface area (Å²) in [6.07, 6.45) is 4.63. The Balaban J connectivity index is 1.51. The van der Waals surface area contributed by atoms with Gasteiger partial charge < -0.3 is 9.80 Å². The van der Waals surface area contributed by atoms with Gasteiger partial charge in [-0.05, 0) is 43.2 Å². The zero-order valence-corrected chi connectivity index (χ0v) is 16.5. The number of hydrogen-bond acceptors (Lipinski definition) is 3. The molecule has 2 aromatic rings. The molecule has 1 aromatic heterocycles. The van der Waals surface area contributed by atoms with Crippen molar-refractivity contribution in [2.75, 3.05) is 26.7 Å². The van der Waals surface area contributed by atoms with E-state index >= 15 is 0 Å². The lowest BCUT2D eigenvalue weighted by molar-refractivity contribution is 0.0643. The molecule has 1 saturated heterocycles. The summed E-state index contributed by atoms with van der Waals surface area (Å²) in [7, 11) is 1.81. The van der Waals surface area contributed by atoms with Gasteiger partial charge in [-0.2, -0.15) is 0 Å². The zero-order chi connectivity index (χ0) is 18.5. The van der Waals surface area contributed by atoms with Crippen molar-refractivity contribution < 1.29 is 9.18 Å². The second-order valence-electron chi connectivity index (χ2n) is 6.72. The fraction of sp³-hybridized carbons (Fsp3) is 0.400. The van der Waals surface area contributed by atoms with Crippen molar-refractivity contribution in [3.63, 3.8) is 0 Å². The van der Waals surface area contributed by atoms with Crippen LogP contribution < -0.4 is 0 Å². The van der Waals surface area contributed by atoms with Gasteiger partial charge in [0.1, 0.15) is 5.82 Å². The van der Waals surface area contributed by atoms with E-state index in [1.807, 2.05) is 25.4 Å². The van der Waals surface area contributed by atoms with Crippen molar-refractivity contribution in [3.8, 4) is 0 Å². The van der Waals surface area contributed by atoms with E-state index in [-0.39, 0.29) is 11.9 Å². The van der Waals surface area contributed by atoms with Gasteiger partial charge in [-0.25, -0.2) is 4.39 Å². The molecule has 26 heavy (non-hydrogen) atoms. The van der Waals surface area contributed by atoms with Crippen molar-refractivity contribution in [2.24, 2.45) is 0 Å². The maximum absolute atomic E-state index is 13.6. The fourth-order valence-electron chi connectivity index (χ4n) is 3.40. The van der Waals surface area contributed by atoms with Gasteiger partial charge in [-0.15, -0.1) is 0 Å². The number of hydrogen-bond donors (Lipinski definition) is 0. The molecule has 1 amide bonds. The molecule has 138 valence electrons. The summed E-state index contributed by atoms with van der Waals surface area (Å²) in [5.41, 5.74) is 1.50. The molecule has 1 aliphatic heterocycles. The molecule has 0 aliphatic carbocycles. The number of rotatable bonds is 5. The Morgan fingerprint density at radius 3 is 2.73 bits per heavy atom. The standard InChI is InChI=1S/C20H23BrFN3O/c1-24(20(26)15-12-16(21)14-17(22)13-15)19-6-10-25(11-7-19)9-5-18-4-2-3-8-23-18/h2-4,8,12-14,19H,5-7,9-11H2,1H3. The molecule has 0 unspecified atom stereocenters. The molecule has 2 heterocycles. The number of piperidine rings is 1. The Hall–Kier alpha value is -1.79. The van der Waals surface area contributed by atoms with Gasteiger partial charge in [0.2, 0.25) is 0 Å². The van der Waals surface area contributed by atoms with Crippen molar-refractivity contribution in [1.29, 1.82) is 0 Å². The van der Waals surface area contributed by atoms with Crippen molar-refractivity contribution in [3.05, 3.63) is 64.1 Å². The third-order valence-electron chi connectivity index (χ3n) is 4.94. The van der Waals surface area contributed by atoms with Crippen LogP contribution in [0.15, 0.2) is 47.1 Å². The first kappa shape index (κ1) is 19.0. The van der Waals surface area contributed by atoms with Crippen LogP contribution in [0.5, 0.6) is 0 Å². The van der Waals surface area contributed by atoms with Gasteiger partial charge >= 0.3 is 0 Å². The Kier molecular flexibility index (Phi) is 6.38. The summed E-state index contributed by atoms with van der Waals surface area (Å²) in [6.45, 7) is 2.90. The molecule has 0 saturated carbocycles. The van der Waals surface area contributed by atoms with E-state index in [0.717, 1.165) is 44.6 Å². The number of nitrogens with zero attached hydrogens (tertiary/aromatic N) is 3. The lowest BCUT2D eigenvalue weighted by atomic mass is 10.0. The first-order valence-corrected chi connectivity index (χ1v) is 9.68. The van der Waals surface area contributed by atoms with Gasteiger partial charge in [0.25, 0.3) is 5.91 Å². The highest BCUT2D eigenvalue weighted by molar-refractivity contribution is 9.10. The molecule has 0 bridgehead atoms. The van der Waals surface area contributed by atoms with Crippen LogP contribution in [0.25, 0.3) is 0 Å². The number of halogens is 2. The average Bonchev–Trinajstić information content (AvgIpc) is 2.65. The highest BCUT2D eigenvalue weighted by atomic mass is 79.9. The van der Waals surface area contributed by atoms with Crippen LogP contribution in [0.3, 0.4) is 0 Å². The summed E-state index contributed by atoms with van der Waals surface area (Å²) in [5, 5.41) is 0. The Morgan fingerprint density at radius 1 is 1.31 bits per heavy atom. The molecule has 1 aliphatic rings. The molecule has 6 heteroatoms. The lowest BCUT2D eigenvalue weighted by Crippen LogP contribution is -2.46. The molecular weight excluding hydrogens is 397 g/mol. The monoisotopic (exact) mass is 419 g/mol. The topological polar surface area (TPSA) is 36.4 Å². The fourth-order valence-corrected chi connectivity index (χ4v) is 3.86. The second kappa shape index (κ2) is 8.73. The normalized spacial score (nSPS) is 15.8. The van der Waals surface area contributed by atoms with E-state index in [1.165, 1.54) is 12.1 Å². The predicted octanol–water partition coefficient (Wildman–Crippen LogP) is 3.76. The quantitative estimate of drug-likeness (QED) is 0.739. The molecular formula is C20H23BrFN3O. The van der Waals surface area contributed by atoms with Gasteiger partial charge in [0, 0.05) is 61.1 Å². The highest BCUT2D eigenvalue weighted by Crippen LogP contribution is 2.20. The van der Waals surface area contributed by atoms with Crippen molar-refractivity contribution in [2.45, 2.75) is 25.3 Å². The predicted molar refractivity (Wildman–Crippen MR) is 104 cm³/mol. The maximum Gasteiger partial charge on any atom is 0.253 e. The summed E-state index contributed by atoms with van der Waals surface area (Å²) < 4.78 is 14.1. The van der Waals surface area contributed by atoms with Crippen LogP contribution in [0.2, 0.25) is 0 Å². The van der Waals surface area contributed by atoms with Crippen molar-refractivity contribution >= 4 is 21.8 Å². The van der Waals surface area contributed by atoms with Crippen LogP contribution in [-0.2, 0) is 6.42 Å². The van der Waals surface area contributed by atoms with Crippen molar-refractivity contribution in [1.82, 2.24) is 14.8 Å². The Labute approximate surface area is 162 Å². The molecule has 4 nitrogen and oxygen atoms in total. The van der Waals surface area contributed by atoms with E-state index in [2.05, 4.69) is 31.9 Å². The minimum atomic E-state index is -0.402. The molecule has 3 rings (SSSR count). The van der Waals surface area contributed by atoms with Gasteiger partial charge in [-0.3, -0.25) is 9.78 Å². The van der Waals surface area contributed by atoms with Gasteiger partial charge in [0.15, 0.2) is 0 Å². The van der Waals surface area contributed by atoms with E-state index in [1.54, 1.807) is 11.0 Å². The number of pyridine rings is 1. The lowest BCUT2D eigenvalue weighted by Gasteiger charge is -2.36. The summed E-state index contributed by atoms with van der Waals surface area (Å²) in [4.78, 5) is 21.2. The molecule has 0 atom stereocenters. The third kappa shape index (κ3) is 4.89. The van der Waals surface area contributed by atoms with E-state index in [4.69, 9.17) is 0 Å².